The van der Waals surface area contributed by atoms with E-state index in [4.69, 9.17) is 9.72 Å². The monoisotopic (exact) mass is 298 g/mol. The van der Waals surface area contributed by atoms with E-state index >= 15 is 0 Å². The molecule has 1 aromatic heterocycles. The zero-order chi connectivity index (χ0) is 15.4. The van der Waals surface area contributed by atoms with Crippen molar-refractivity contribution < 1.29 is 4.74 Å². The molecule has 0 spiro atoms. The Balaban J connectivity index is 1.93. The molecular formula is C17H22N4O. The number of anilines is 3. The summed E-state index contributed by atoms with van der Waals surface area (Å²) in [4.78, 5) is 13.8. The van der Waals surface area contributed by atoms with Crippen molar-refractivity contribution in [3.63, 3.8) is 0 Å². The van der Waals surface area contributed by atoms with Gasteiger partial charge in [0.1, 0.15) is 5.82 Å². The summed E-state index contributed by atoms with van der Waals surface area (Å²) in [5, 5.41) is 0. The lowest BCUT2D eigenvalue weighted by Gasteiger charge is -2.29. The second kappa shape index (κ2) is 6.75. The fraction of sp³-hybridized carbons (Fsp3) is 0.412. The predicted octanol–water partition coefficient (Wildman–Crippen LogP) is 2.78. The smallest absolute Gasteiger partial charge is 0.227 e. The Kier molecular flexibility index (Phi) is 4.53. The number of nitrogens with zero attached hydrogens (tertiary/aromatic N) is 4. The van der Waals surface area contributed by atoms with Crippen LogP contribution >= 0.6 is 0 Å². The van der Waals surface area contributed by atoms with E-state index in [2.05, 4.69) is 46.0 Å². The van der Waals surface area contributed by atoms with E-state index in [1.807, 2.05) is 19.1 Å². The highest BCUT2D eigenvalue weighted by Gasteiger charge is 2.17. The van der Waals surface area contributed by atoms with Gasteiger partial charge in [-0.1, -0.05) is 18.2 Å². The molecule has 0 aliphatic carbocycles. The molecule has 5 nitrogen and oxygen atoms in total. The van der Waals surface area contributed by atoms with Gasteiger partial charge < -0.3 is 14.5 Å². The van der Waals surface area contributed by atoms with Gasteiger partial charge in [-0.3, -0.25) is 0 Å². The van der Waals surface area contributed by atoms with Gasteiger partial charge in [0, 0.05) is 37.1 Å². The van der Waals surface area contributed by atoms with Crippen molar-refractivity contribution in [3.8, 4) is 0 Å². The van der Waals surface area contributed by atoms with Gasteiger partial charge in [0.15, 0.2) is 0 Å². The summed E-state index contributed by atoms with van der Waals surface area (Å²) in [6.07, 6.45) is 0. The summed E-state index contributed by atoms with van der Waals surface area (Å²) < 4.78 is 5.41. The Morgan fingerprint density at radius 2 is 1.86 bits per heavy atom. The number of rotatable bonds is 4. The minimum absolute atomic E-state index is 0.739. The fourth-order valence-corrected chi connectivity index (χ4v) is 2.66. The van der Waals surface area contributed by atoms with Crippen molar-refractivity contribution in [1.29, 1.82) is 0 Å². The number of aryl methyl sites for hydroxylation is 1. The molecule has 0 saturated carbocycles. The number of aromatic nitrogens is 2. The molecule has 1 aliphatic rings. The predicted molar refractivity (Wildman–Crippen MR) is 88.9 cm³/mol. The van der Waals surface area contributed by atoms with Crippen LogP contribution < -0.4 is 9.80 Å². The highest BCUT2D eigenvalue weighted by Crippen LogP contribution is 2.25. The summed E-state index contributed by atoms with van der Waals surface area (Å²) in [6, 6.07) is 12.4. The van der Waals surface area contributed by atoms with Gasteiger partial charge in [-0.15, -0.1) is 0 Å². The first-order valence-electron chi connectivity index (χ1n) is 7.79. The Labute approximate surface area is 131 Å². The average Bonchev–Trinajstić information content (AvgIpc) is 2.57. The molecular weight excluding hydrogens is 276 g/mol. The molecule has 22 heavy (non-hydrogen) atoms. The van der Waals surface area contributed by atoms with Crippen molar-refractivity contribution in [3.05, 3.63) is 42.1 Å². The highest BCUT2D eigenvalue weighted by molar-refractivity contribution is 5.61. The first-order valence-corrected chi connectivity index (χ1v) is 7.79. The maximum atomic E-state index is 5.41. The van der Waals surface area contributed by atoms with Gasteiger partial charge in [0.25, 0.3) is 0 Å². The van der Waals surface area contributed by atoms with Gasteiger partial charge in [-0.2, -0.15) is 4.98 Å². The first kappa shape index (κ1) is 14.8. The molecule has 0 N–H and O–H groups in total. The molecule has 0 bridgehead atoms. The number of para-hydroxylation sites is 1. The second-order valence-corrected chi connectivity index (χ2v) is 5.35. The summed E-state index contributed by atoms with van der Waals surface area (Å²) >= 11 is 0. The largest absolute Gasteiger partial charge is 0.378 e. The van der Waals surface area contributed by atoms with Crippen LogP contribution in [0.1, 0.15) is 12.6 Å². The molecule has 1 aromatic carbocycles. The van der Waals surface area contributed by atoms with Crippen molar-refractivity contribution in [2.45, 2.75) is 13.8 Å². The Morgan fingerprint density at radius 3 is 2.55 bits per heavy atom. The van der Waals surface area contributed by atoms with Crippen LogP contribution in [-0.4, -0.2) is 42.8 Å². The van der Waals surface area contributed by atoms with Crippen molar-refractivity contribution in [1.82, 2.24) is 9.97 Å². The Hall–Kier alpha value is -2.14. The van der Waals surface area contributed by atoms with Crippen LogP contribution in [0.4, 0.5) is 17.5 Å². The zero-order valence-corrected chi connectivity index (χ0v) is 13.2. The first-order chi connectivity index (χ1) is 10.8. The molecule has 2 aromatic rings. The van der Waals surface area contributed by atoms with Gasteiger partial charge >= 0.3 is 0 Å². The van der Waals surface area contributed by atoms with E-state index in [1.165, 1.54) is 0 Å². The minimum atomic E-state index is 0.739. The van der Waals surface area contributed by atoms with Crippen LogP contribution in [0.15, 0.2) is 36.4 Å². The lowest BCUT2D eigenvalue weighted by molar-refractivity contribution is 0.122. The second-order valence-electron chi connectivity index (χ2n) is 5.35. The highest BCUT2D eigenvalue weighted by atomic mass is 16.5. The fourth-order valence-electron chi connectivity index (χ4n) is 2.66. The maximum Gasteiger partial charge on any atom is 0.227 e. The topological polar surface area (TPSA) is 41.5 Å². The molecule has 1 fully saturated rings. The number of hydrogen-bond donors (Lipinski definition) is 0. The molecule has 0 amide bonds. The molecule has 1 aliphatic heterocycles. The van der Waals surface area contributed by atoms with Gasteiger partial charge in [0.05, 0.1) is 13.2 Å². The minimum Gasteiger partial charge on any atom is -0.378 e. The Bertz CT molecular complexity index is 611. The SMILES string of the molecule is CCN(c1ccccc1)c1cc(C)nc(N2CCOCC2)n1. The van der Waals surface area contributed by atoms with E-state index in [1.54, 1.807) is 0 Å². The molecule has 0 radical (unpaired) electrons. The van der Waals surface area contributed by atoms with E-state index in [-0.39, 0.29) is 0 Å². The molecule has 1 saturated heterocycles. The molecule has 5 heteroatoms. The van der Waals surface area contributed by atoms with E-state index < -0.39 is 0 Å². The Morgan fingerprint density at radius 1 is 1.14 bits per heavy atom. The van der Waals surface area contributed by atoms with E-state index in [0.29, 0.717) is 0 Å². The third-order valence-electron chi connectivity index (χ3n) is 3.78. The van der Waals surface area contributed by atoms with Crippen LogP contribution in [0.2, 0.25) is 0 Å². The number of morpholine rings is 1. The van der Waals surface area contributed by atoms with Crippen LogP contribution in [0.5, 0.6) is 0 Å². The third-order valence-corrected chi connectivity index (χ3v) is 3.78. The summed E-state index contributed by atoms with van der Waals surface area (Å²) in [5.74, 6) is 1.75. The van der Waals surface area contributed by atoms with Crippen LogP contribution in [0.25, 0.3) is 0 Å². The standard InChI is InChI=1S/C17H22N4O/c1-3-21(15-7-5-4-6-8-15)16-13-14(2)18-17(19-16)20-9-11-22-12-10-20/h4-8,13H,3,9-12H2,1-2H3. The molecule has 0 atom stereocenters. The van der Waals surface area contributed by atoms with Crippen molar-refractivity contribution in [2.75, 3.05) is 42.6 Å². The quantitative estimate of drug-likeness (QED) is 0.868. The van der Waals surface area contributed by atoms with Crippen molar-refractivity contribution >= 4 is 17.5 Å². The summed E-state index contributed by atoms with van der Waals surface area (Å²) in [6.45, 7) is 8.20. The number of benzene rings is 1. The maximum absolute atomic E-state index is 5.41. The number of hydrogen-bond acceptors (Lipinski definition) is 5. The zero-order valence-electron chi connectivity index (χ0n) is 13.2. The van der Waals surface area contributed by atoms with Crippen LogP contribution in [0, 0.1) is 6.92 Å². The lowest BCUT2D eigenvalue weighted by Crippen LogP contribution is -2.37. The third kappa shape index (κ3) is 3.20. The van der Waals surface area contributed by atoms with E-state index in [0.717, 1.165) is 56.0 Å². The van der Waals surface area contributed by atoms with E-state index in [9.17, 15) is 0 Å². The summed E-state index contributed by atoms with van der Waals surface area (Å²) in [7, 11) is 0. The molecule has 116 valence electrons. The van der Waals surface area contributed by atoms with Gasteiger partial charge in [0.2, 0.25) is 5.95 Å². The average molecular weight is 298 g/mol. The normalized spacial score (nSPS) is 14.9. The molecule has 2 heterocycles. The van der Waals surface area contributed by atoms with Crippen molar-refractivity contribution in [2.24, 2.45) is 0 Å². The molecule has 0 unspecified atom stereocenters. The van der Waals surface area contributed by atoms with Gasteiger partial charge in [-0.25, -0.2) is 4.98 Å². The van der Waals surface area contributed by atoms with Crippen LogP contribution in [0.3, 0.4) is 0 Å². The summed E-state index contributed by atoms with van der Waals surface area (Å²) in [5.41, 5.74) is 2.14. The van der Waals surface area contributed by atoms with Gasteiger partial charge in [-0.05, 0) is 26.0 Å². The lowest BCUT2D eigenvalue weighted by atomic mass is 10.2. The number of ether oxygens (including phenoxy) is 1. The molecule has 3 rings (SSSR count). The van der Waals surface area contributed by atoms with Crippen LogP contribution in [-0.2, 0) is 4.74 Å².